The van der Waals surface area contributed by atoms with Crippen LogP contribution >= 0.6 is 0 Å². The van der Waals surface area contributed by atoms with Crippen molar-refractivity contribution in [3.05, 3.63) is 0 Å². The fourth-order valence-electron chi connectivity index (χ4n) is 1.29. The van der Waals surface area contributed by atoms with Crippen LogP contribution in [-0.2, 0) is 9.53 Å². The predicted molar refractivity (Wildman–Crippen MR) is 51.4 cm³/mol. The molecule has 0 amide bonds. The fraction of sp³-hybridized carbons (Fsp3) is 0.900. The van der Waals surface area contributed by atoms with Crippen LogP contribution < -0.4 is 5.32 Å². The number of rotatable bonds is 3. The van der Waals surface area contributed by atoms with Crippen molar-refractivity contribution in [2.45, 2.75) is 45.8 Å². The molecule has 1 N–H and O–H groups in total. The van der Waals surface area contributed by atoms with E-state index in [2.05, 4.69) is 19.2 Å². The van der Waals surface area contributed by atoms with Gasteiger partial charge in [-0.3, -0.25) is 4.79 Å². The van der Waals surface area contributed by atoms with Gasteiger partial charge in [0.1, 0.15) is 12.1 Å². The van der Waals surface area contributed by atoms with Crippen molar-refractivity contribution in [3.63, 3.8) is 0 Å². The van der Waals surface area contributed by atoms with Gasteiger partial charge >= 0.3 is 5.97 Å². The maximum absolute atomic E-state index is 11.5. The normalized spacial score (nSPS) is 24.8. The average Bonchev–Trinajstić information content (AvgIpc) is 2.55. The Morgan fingerprint density at radius 1 is 1.46 bits per heavy atom. The summed E-state index contributed by atoms with van der Waals surface area (Å²) in [5.74, 6) is 0.309. The molecule has 0 saturated carbocycles. The summed E-state index contributed by atoms with van der Waals surface area (Å²) in [6.07, 6.45) is 2.02. The van der Waals surface area contributed by atoms with Crippen LogP contribution in [0.25, 0.3) is 0 Å². The Morgan fingerprint density at radius 2 is 2.15 bits per heavy atom. The third kappa shape index (κ3) is 2.99. The predicted octanol–water partition coefficient (Wildman–Crippen LogP) is 1.33. The van der Waals surface area contributed by atoms with Crippen molar-refractivity contribution < 1.29 is 9.53 Å². The Morgan fingerprint density at radius 3 is 2.62 bits per heavy atom. The molecular formula is C10H19NO2. The minimum Gasteiger partial charge on any atom is -0.461 e. The Hall–Kier alpha value is -0.570. The van der Waals surface area contributed by atoms with E-state index in [-0.39, 0.29) is 18.1 Å². The first-order valence-electron chi connectivity index (χ1n) is 5.05. The lowest BCUT2D eigenvalue weighted by molar-refractivity contribution is -0.152. The molecule has 0 aromatic carbocycles. The molecule has 0 aromatic heterocycles. The van der Waals surface area contributed by atoms with Gasteiger partial charge in [0.2, 0.25) is 0 Å². The number of hydrogen-bond donors (Lipinski definition) is 1. The minimum atomic E-state index is -0.0845. The summed E-state index contributed by atoms with van der Waals surface area (Å²) >= 11 is 0. The number of esters is 1. The molecule has 76 valence electrons. The summed E-state index contributed by atoms with van der Waals surface area (Å²) in [7, 11) is 0. The quantitative estimate of drug-likeness (QED) is 0.674. The van der Waals surface area contributed by atoms with Gasteiger partial charge in [-0.15, -0.1) is 0 Å². The van der Waals surface area contributed by atoms with Gasteiger partial charge < -0.3 is 10.1 Å². The topological polar surface area (TPSA) is 38.3 Å². The highest BCUT2D eigenvalue weighted by atomic mass is 16.5. The van der Waals surface area contributed by atoms with Crippen molar-refractivity contribution in [3.8, 4) is 0 Å². The number of carbonyl (C=O) groups is 1. The summed E-state index contributed by atoms with van der Waals surface area (Å²) < 4.78 is 5.29. The van der Waals surface area contributed by atoms with Crippen LogP contribution in [0.4, 0.5) is 0 Å². The maximum Gasteiger partial charge on any atom is 0.323 e. The van der Waals surface area contributed by atoms with E-state index in [1.807, 2.05) is 6.92 Å². The maximum atomic E-state index is 11.5. The summed E-state index contributed by atoms with van der Waals surface area (Å²) in [5.41, 5.74) is 0. The number of carbonyl (C=O) groups excluding carboxylic acids is 1. The van der Waals surface area contributed by atoms with Gasteiger partial charge in [0.05, 0.1) is 0 Å². The highest BCUT2D eigenvalue weighted by Gasteiger charge is 2.25. The smallest absolute Gasteiger partial charge is 0.323 e. The lowest BCUT2D eigenvalue weighted by Crippen LogP contribution is -2.35. The molecule has 0 bridgehead atoms. The van der Waals surface area contributed by atoms with E-state index in [1.165, 1.54) is 0 Å². The van der Waals surface area contributed by atoms with E-state index < -0.39 is 0 Å². The average molecular weight is 185 g/mol. The van der Waals surface area contributed by atoms with Crippen molar-refractivity contribution in [1.82, 2.24) is 5.32 Å². The molecule has 2 atom stereocenters. The largest absolute Gasteiger partial charge is 0.461 e. The first kappa shape index (κ1) is 10.5. The Bertz CT molecular complexity index is 174. The standard InChI is InChI=1S/C10H19NO2/c1-7(2)8(3)13-10(12)9-5-4-6-11-9/h7-9,11H,4-6H2,1-3H3/t8?,9-/m0/s1. The first-order chi connectivity index (χ1) is 6.11. The summed E-state index contributed by atoms with van der Waals surface area (Å²) in [5, 5.41) is 3.13. The van der Waals surface area contributed by atoms with E-state index >= 15 is 0 Å². The first-order valence-corrected chi connectivity index (χ1v) is 5.05. The lowest BCUT2D eigenvalue weighted by Gasteiger charge is -2.19. The van der Waals surface area contributed by atoms with Crippen molar-refractivity contribution in [1.29, 1.82) is 0 Å². The molecule has 0 radical (unpaired) electrons. The third-order valence-corrected chi connectivity index (χ3v) is 2.59. The van der Waals surface area contributed by atoms with Crippen LogP contribution in [0.5, 0.6) is 0 Å². The second-order valence-electron chi connectivity index (χ2n) is 4.03. The second-order valence-corrected chi connectivity index (χ2v) is 4.03. The van der Waals surface area contributed by atoms with Crippen LogP contribution in [0.15, 0.2) is 0 Å². The zero-order chi connectivity index (χ0) is 9.84. The molecule has 0 aliphatic carbocycles. The molecule has 1 heterocycles. The molecule has 1 saturated heterocycles. The van der Waals surface area contributed by atoms with Crippen LogP contribution in [0.3, 0.4) is 0 Å². The van der Waals surface area contributed by atoms with Gasteiger partial charge in [0, 0.05) is 0 Å². The number of ether oxygens (including phenoxy) is 1. The summed E-state index contributed by atoms with van der Waals surface area (Å²) in [6, 6.07) is -0.0544. The molecular weight excluding hydrogens is 166 g/mol. The molecule has 13 heavy (non-hydrogen) atoms. The van der Waals surface area contributed by atoms with Crippen LogP contribution in [-0.4, -0.2) is 24.7 Å². The minimum absolute atomic E-state index is 0.0231. The molecule has 3 heteroatoms. The zero-order valence-corrected chi connectivity index (χ0v) is 8.67. The molecule has 1 aliphatic heterocycles. The van der Waals surface area contributed by atoms with Crippen LogP contribution in [0, 0.1) is 5.92 Å². The Balaban J connectivity index is 2.31. The van der Waals surface area contributed by atoms with Crippen LogP contribution in [0.2, 0.25) is 0 Å². The SMILES string of the molecule is CC(C)C(C)OC(=O)[C@@H]1CCCN1. The third-order valence-electron chi connectivity index (χ3n) is 2.59. The summed E-state index contributed by atoms with van der Waals surface area (Å²) in [4.78, 5) is 11.5. The highest BCUT2D eigenvalue weighted by molar-refractivity contribution is 5.76. The molecule has 1 unspecified atom stereocenters. The van der Waals surface area contributed by atoms with Gasteiger partial charge in [-0.05, 0) is 32.2 Å². The van der Waals surface area contributed by atoms with Gasteiger partial charge in [0.15, 0.2) is 0 Å². The Kier molecular flexibility index (Phi) is 3.72. The van der Waals surface area contributed by atoms with E-state index in [9.17, 15) is 4.79 Å². The lowest BCUT2D eigenvalue weighted by atomic mass is 10.1. The fourth-order valence-corrected chi connectivity index (χ4v) is 1.29. The Labute approximate surface area is 79.8 Å². The van der Waals surface area contributed by atoms with E-state index in [0.717, 1.165) is 19.4 Å². The molecule has 3 nitrogen and oxygen atoms in total. The number of hydrogen-bond acceptors (Lipinski definition) is 3. The highest BCUT2D eigenvalue weighted by Crippen LogP contribution is 2.11. The molecule has 0 aromatic rings. The molecule has 1 fully saturated rings. The molecule has 0 spiro atoms. The second kappa shape index (κ2) is 4.61. The van der Waals surface area contributed by atoms with Gasteiger partial charge in [-0.2, -0.15) is 0 Å². The molecule has 1 rings (SSSR count). The summed E-state index contributed by atoms with van der Waals surface area (Å²) in [6.45, 7) is 6.99. The number of nitrogens with one attached hydrogen (secondary N) is 1. The van der Waals surface area contributed by atoms with E-state index in [0.29, 0.717) is 5.92 Å². The monoisotopic (exact) mass is 185 g/mol. The van der Waals surface area contributed by atoms with Gasteiger partial charge in [0.25, 0.3) is 0 Å². The van der Waals surface area contributed by atoms with Gasteiger partial charge in [-0.25, -0.2) is 0 Å². The van der Waals surface area contributed by atoms with E-state index in [1.54, 1.807) is 0 Å². The van der Waals surface area contributed by atoms with Crippen molar-refractivity contribution in [2.75, 3.05) is 6.54 Å². The van der Waals surface area contributed by atoms with Crippen molar-refractivity contribution in [2.24, 2.45) is 5.92 Å². The molecule has 1 aliphatic rings. The van der Waals surface area contributed by atoms with Crippen LogP contribution in [0.1, 0.15) is 33.6 Å². The van der Waals surface area contributed by atoms with Crippen molar-refractivity contribution >= 4 is 5.97 Å². The van der Waals surface area contributed by atoms with Gasteiger partial charge in [-0.1, -0.05) is 13.8 Å². The van der Waals surface area contributed by atoms with E-state index in [4.69, 9.17) is 4.74 Å². The zero-order valence-electron chi connectivity index (χ0n) is 8.67.